The highest BCUT2D eigenvalue weighted by Gasteiger charge is 2.39. The number of benzene rings is 3. The van der Waals surface area contributed by atoms with Gasteiger partial charge in [-0.25, -0.2) is 13.8 Å². The molecule has 0 fully saturated rings. The summed E-state index contributed by atoms with van der Waals surface area (Å²) in [7, 11) is 1.61. The number of rotatable bonds is 6. The van der Waals surface area contributed by atoms with E-state index in [4.69, 9.17) is 9.84 Å². The van der Waals surface area contributed by atoms with Crippen molar-refractivity contribution in [3.63, 3.8) is 0 Å². The van der Waals surface area contributed by atoms with E-state index in [2.05, 4.69) is 10.3 Å². The molecule has 38 heavy (non-hydrogen) atoms. The highest BCUT2D eigenvalue weighted by molar-refractivity contribution is 8.15. The van der Waals surface area contributed by atoms with E-state index in [1.54, 1.807) is 12.1 Å². The standard InChI is InChI=1S/C28H24F2N4O3S/c1-16-3-5-18(6-4-16)24-14-23(17-7-10-20(37-2)11-8-17)33-34(24)28-32-27(36)25(38-28)15-26(35)31-19-9-12-21(29)22(30)13-19/h3-13,24-25H,14-15H2,1-2H3,(H,31,35)/t24-,25+/m0/s1. The summed E-state index contributed by atoms with van der Waals surface area (Å²) < 4.78 is 31.9. The van der Waals surface area contributed by atoms with Crippen LogP contribution < -0.4 is 10.1 Å². The van der Waals surface area contributed by atoms with Crippen LogP contribution in [0.4, 0.5) is 14.5 Å². The maximum atomic E-state index is 13.5. The molecule has 0 spiro atoms. The van der Waals surface area contributed by atoms with Gasteiger partial charge in [0, 0.05) is 24.6 Å². The molecule has 2 aliphatic heterocycles. The fraction of sp³-hybridized carbons (Fsp3) is 0.214. The van der Waals surface area contributed by atoms with Gasteiger partial charge in [-0.05, 0) is 54.4 Å². The van der Waals surface area contributed by atoms with Gasteiger partial charge in [-0.2, -0.15) is 10.1 Å². The molecule has 10 heteroatoms. The van der Waals surface area contributed by atoms with Crippen LogP contribution >= 0.6 is 11.8 Å². The summed E-state index contributed by atoms with van der Waals surface area (Å²) in [6, 6.07) is 18.6. The highest BCUT2D eigenvalue weighted by Crippen LogP contribution is 2.39. The Hall–Kier alpha value is -4.05. The van der Waals surface area contributed by atoms with Gasteiger partial charge in [0.2, 0.25) is 5.91 Å². The minimum atomic E-state index is -1.07. The van der Waals surface area contributed by atoms with Crippen molar-refractivity contribution in [1.29, 1.82) is 0 Å². The van der Waals surface area contributed by atoms with Crippen LogP contribution in [0.5, 0.6) is 5.75 Å². The molecular weight excluding hydrogens is 510 g/mol. The molecule has 2 heterocycles. The molecule has 2 aliphatic rings. The maximum absolute atomic E-state index is 13.5. The Morgan fingerprint density at radius 3 is 2.50 bits per heavy atom. The molecule has 0 bridgehead atoms. The Labute approximate surface area is 222 Å². The first-order chi connectivity index (χ1) is 18.3. The van der Waals surface area contributed by atoms with E-state index in [0.717, 1.165) is 40.3 Å². The third-order valence-electron chi connectivity index (χ3n) is 6.29. The zero-order valence-corrected chi connectivity index (χ0v) is 21.5. The lowest BCUT2D eigenvalue weighted by atomic mass is 9.98. The number of anilines is 1. The molecule has 194 valence electrons. The number of hydrazone groups is 1. The topological polar surface area (TPSA) is 83.4 Å². The van der Waals surface area contributed by atoms with Crippen molar-refractivity contribution in [3.8, 4) is 5.75 Å². The normalized spacial score (nSPS) is 18.8. The van der Waals surface area contributed by atoms with Gasteiger partial charge in [-0.1, -0.05) is 41.6 Å². The first-order valence-corrected chi connectivity index (χ1v) is 12.8. The monoisotopic (exact) mass is 534 g/mol. The van der Waals surface area contributed by atoms with Gasteiger partial charge in [0.15, 0.2) is 16.8 Å². The fourth-order valence-corrected chi connectivity index (χ4v) is 5.31. The number of methoxy groups -OCH3 is 1. The van der Waals surface area contributed by atoms with Gasteiger partial charge < -0.3 is 10.1 Å². The van der Waals surface area contributed by atoms with Crippen LogP contribution in [0.15, 0.2) is 76.8 Å². The number of carbonyl (C=O) groups is 2. The number of aryl methyl sites for hydroxylation is 1. The van der Waals surface area contributed by atoms with Gasteiger partial charge in [-0.15, -0.1) is 0 Å². The smallest absolute Gasteiger partial charge is 0.262 e. The summed E-state index contributed by atoms with van der Waals surface area (Å²) in [5.41, 5.74) is 4.04. The number of thioether (sulfide) groups is 1. The lowest BCUT2D eigenvalue weighted by Crippen LogP contribution is -2.25. The molecule has 3 aromatic rings. The zero-order valence-electron chi connectivity index (χ0n) is 20.7. The van der Waals surface area contributed by atoms with Crippen molar-refractivity contribution >= 4 is 40.1 Å². The van der Waals surface area contributed by atoms with E-state index in [0.29, 0.717) is 11.6 Å². The maximum Gasteiger partial charge on any atom is 0.262 e. The molecule has 0 unspecified atom stereocenters. The number of amides is 2. The number of carbonyl (C=O) groups excluding carboxylic acids is 2. The first kappa shape index (κ1) is 25.6. The van der Waals surface area contributed by atoms with Crippen molar-refractivity contribution in [2.24, 2.45) is 10.1 Å². The van der Waals surface area contributed by atoms with Gasteiger partial charge in [0.25, 0.3) is 5.91 Å². The number of hydrogen-bond donors (Lipinski definition) is 1. The van der Waals surface area contributed by atoms with E-state index in [9.17, 15) is 18.4 Å². The number of amidine groups is 1. The molecule has 0 radical (unpaired) electrons. The Bertz CT molecular complexity index is 1440. The number of halogens is 2. The first-order valence-electron chi connectivity index (χ1n) is 11.9. The Morgan fingerprint density at radius 1 is 1.08 bits per heavy atom. The highest BCUT2D eigenvalue weighted by atomic mass is 32.2. The van der Waals surface area contributed by atoms with Crippen LogP contribution in [0.1, 0.15) is 35.6 Å². The van der Waals surface area contributed by atoms with E-state index in [1.165, 1.54) is 17.8 Å². The SMILES string of the molecule is COc1ccc(C2=NN(C3=NC(=O)[C@@H](CC(=O)Nc4ccc(F)c(F)c4)S3)[C@H](c3ccc(C)cc3)C2)cc1. The quantitative estimate of drug-likeness (QED) is 0.454. The summed E-state index contributed by atoms with van der Waals surface area (Å²) in [6.45, 7) is 2.01. The second-order valence-electron chi connectivity index (χ2n) is 8.97. The summed E-state index contributed by atoms with van der Waals surface area (Å²) in [6.07, 6.45) is 0.429. The average Bonchev–Trinajstić information content (AvgIpc) is 3.51. The van der Waals surface area contributed by atoms with Crippen LogP contribution in [0.2, 0.25) is 0 Å². The third-order valence-corrected chi connectivity index (χ3v) is 7.44. The Morgan fingerprint density at radius 2 is 1.82 bits per heavy atom. The van der Waals surface area contributed by atoms with Crippen LogP contribution in [-0.2, 0) is 9.59 Å². The Balaban J connectivity index is 1.34. The molecule has 2 atom stereocenters. The van der Waals surface area contributed by atoms with E-state index in [-0.39, 0.29) is 18.2 Å². The van der Waals surface area contributed by atoms with Crippen molar-refractivity contribution in [1.82, 2.24) is 5.01 Å². The molecular formula is C28H24F2N4O3S. The molecule has 0 aliphatic carbocycles. The third kappa shape index (κ3) is 5.45. The number of hydrogen-bond acceptors (Lipinski definition) is 6. The van der Waals surface area contributed by atoms with Gasteiger partial charge in [0.05, 0.1) is 18.9 Å². The number of nitrogens with one attached hydrogen (secondary N) is 1. The summed E-state index contributed by atoms with van der Waals surface area (Å²) >= 11 is 1.17. The summed E-state index contributed by atoms with van der Waals surface area (Å²) in [5.74, 6) is -2.28. The largest absolute Gasteiger partial charge is 0.497 e. The van der Waals surface area contributed by atoms with Crippen molar-refractivity contribution in [2.75, 3.05) is 12.4 Å². The van der Waals surface area contributed by atoms with Crippen LogP contribution in [0, 0.1) is 18.6 Å². The molecule has 5 rings (SSSR count). The lowest BCUT2D eigenvalue weighted by molar-refractivity contribution is -0.121. The molecule has 0 saturated carbocycles. The minimum Gasteiger partial charge on any atom is -0.497 e. The van der Waals surface area contributed by atoms with Gasteiger partial charge in [0.1, 0.15) is 11.0 Å². The van der Waals surface area contributed by atoms with Crippen molar-refractivity contribution in [3.05, 3.63) is 95.1 Å². The fourth-order valence-electron chi connectivity index (χ4n) is 4.25. The number of aliphatic imine (C=N–C) groups is 1. The number of nitrogens with zero attached hydrogens (tertiary/aromatic N) is 3. The minimum absolute atomic E-state index is 0.109. The van der Waals surface area contributed by atoms with Crippen LogP contribution in [0.3, 0.4) is 0 Å². The predicted octanol–water partition coefficient (Wildman–Crippen LogP) is 5.46. The second-order valence-corrected chi connectivity index (χ2v) is 10.1. The summed E-state index contributed by atoms with van der Waals surface area (Å²) in [5, 5.41) is 8.75. The number of ether oxygens (including phenoxy) is 1. The van der Waals surface area contributed by atoms with E-state index >= 15 is 0 Å². The summed E-state index contributed by atoms with van der Waals surface area (Å²) in [4.78, 5) is 29.5. The van der Waals surface area contributed by atoms with E-state index < -0.39 is 28.7 Å². The van der Waals surface area contributed by atoms with Crippen molar-refractivity contribution in [2.45, 2.75) is 31.1 Å². The average molecular weight is 535 g/mol. The van der Waals surface area contributed by atoms with Gasteiger partial charge >= 0.3 is 0 Å². The van der Waals surface area contributed by atoms with Crippen LogP contribution in [0.25, 0.3) is 0 Å². The molecule has 2 amide bonds. The van der Waals surface area contributed by atoms with E-state index in [1.807, 2.05) is 55.5 Å². The molecule has 3 aromatic carbocycles. The van der Waals surface area contributed by atoms with Crippen molar-refractivity contribution < 1.29 is 23.1 Å². The lowest BCUT2D eigenvalue weighted by Gasteiger charge is -2.23. The molecule has 1 N–H and O–H groups in total. The zero-order chi connectivity index (χ0) is 26.8. The predicted molar refractivity (Wildman–Crippen MR) is 143 cm³/mol. The second kappa shape index (κ2) is 10.7. The molecule has 0 aromatic heterocycles. The molecule has 0 saturated heterocycles. The van der Waals surface area contributed by atoms with Crippen LogP contribution in [-0.4, -0.2) is 40.1 Å². The van der Waals surface area contributed by atoms with Gasteiger partial charge in [-0.3, -0.25) is 9.59 Å². The molecule has 7 nitrogen and oxygen atoms in total. The Kier molecular flexibility index (Phi) is 7.24.